The zero-order valence-electron chi connectivity index (χ0n) is 19.1. The van der Waals surface area contributed by atoms with Crippen molar-refractivity contribution in [2.45, 2.75) is 30.2 Å². The summed E-state index contributed by atoms with van der Waals surface area (Å²) in [6.07, 6.45) is 1.98. The Bertz CT molecular complexity index is 1400. The Morgan fingerprint density at radius 3 is 2.33 bits per heavy atom. The molecule has 1 atom stereocenters. The number of hydrogen-bond acceptors (Lipinski definition) is 4. The lowest BCUT2D eigenvalue weighted by Gasteiger charge is -2.34. The minimum absolute atomic E-state index is 0.0271. The third-order valence-corrected chi connectivity index (χ3v) is 7.10. The fourth-order valence-corrected chi connectivity index (χ4v) is 5.03. The molecular weight excluding hydrogens is 507 g/mol. The van der Waals surface area contributed by atoms with Gasteiger partial charge in [0, 0.05) is 34.1 Å². The van der Waals surface area contributed by atoms with Crippen molar-refractivity contribution in [3.8, 4) is 11.1 Å². The summed E-state index contributed by atoms with van der Waals surface area (Å²) in [6.45, 7) is 0.398. The molecule has 0 bridgehead atoms. The summed E-state index contributed by atoms with van der Waals surface area (Å²) in [5, 5.41) is 11.2. The van der Waals surface area contributed by atoms with Gasteiger partial charge >= 0.3 is 6.03 Å². The molecular formula is C25H24ClFN4O4S. The molecule has 188 valence electrons. The number of piperidine rings is 1. The summed E-state index contributed by atoms with van der Waals surface area (Å²) in [5.41, 5.74) is 0.872. The van der Waals surface area contributed by atoms with Crippen molar-refractivity contribution in [3.63, 3.8) is 0 Å². The summed E-state index contributed by atoms with van der Waals surface area (Å²) in [7, 11) is -4.07. The lowest BCUT2D eigenvalue weighted by Crippen LogP contribution is -2.51. The van der Waals surface area contributed by atoms with Gasteiger partial charge in [-0.15, -0.1) is 0 Å². The van der Waals surface area contributed by atoms with E-state index in [2.05, 4.69) is 10.6 Å². The third-order valence-electron chi connectivity index (χ3n) is 5.88. The summed E-state index contributed by atoms with van der Waals surface area (Å²) < 4.78 is 38.8. The Morgan fingerprint density at radius 2 is 1.64 bits per heavy atom. The molecule has 3 amide bonds. The van der Waals surface area contributed by atoms with Gasteiger partial charge in [0.05, 0.1) is 4.90 Å². The van der Waals surface area contributed by atoms with Crippen molar-refractivity contribution in [2.24, 2.45) is 5.14 Å². The number of benzene rings is 3. The molecule has 0 aromatic heterocycles. The van der Waals surface area contributed by atoms with Crippen LogP contribution < -0.4 is 15.8 Å². The molecule has 0 saturated carbocycles. The zero-order valence-corrected chi connectivity index (χ0v) is 20.7. The second-order valence-corrected chi connectivity index (χ2v) is 10.3. The number of primary sulfonamides is 1. The summed E-state index contributed by atoms with van der Waals surface area (Å²) in [6, 6.07) is 15.2. The first-order valence-electron chi connectivity index (χ1n) is 11.2. The number of carbonyl (C=O) groups excluding carboxylic acids is 2. The van der Waals surface area contributed by atoms with Crippen molar-refractivity contribution in [1.29, 1.82) is 0 Å². The number of hydrogen-bond donors (Lipinski definition) is 3. The predicted octanol–water partition coefficient (Wildman–Crippen LogP) is 4.82. The average Bonchev–Trinajstić information content (AvgIpc) is 2.85. The highest BCUT2D eigenvalue weighted by molar-refractivity contribution is 7.89. The molecule has 1 unspecified atom stereocenters. The van der Waals surface area contributed by atoms with Crippen LogP contribution in [-0.4, -0.2) is 37.8 Å². The molecule has 11 heteroatoms. The van der Waals surface area contributed by atoms with E-state index in [1.807, 2.05) is 0 Å². The molecule has 3 aromatic carbocycles. The Morgan fingerprint density at radius 1 is 0.944 bits per heavy atom. The highest BCUT2D eigenvalue weighted by Crippen LogP contribution is 2.30. The largest absolute Gasteiger partial charge is 0.324 e. The molecule has 36 heavy (non-hydrogen) atoms. The Hall–Kier alpha value is -3.47. The number of nitrogens with two attached hydrogens (primary N) is 1. The third kappa shape index (κ3) is 5.84. The van der Waals surface area contributed by atoms with Crippen LogP contribution in [0, 0.1) is 5.82 Å². The van der Waals surface area contributed by atoms with Crippen LogP contribution in [-0.2, 0) is 14.8 Å². The summed E-state index contributed by atoms with van der Waals surface area (Å²) in [5.74, 6) is -1.18. The number of nitrogens with one attached hydrogen (secondary N) is 2. The predicted molar refractivity (Wildman–Crippen MR) is 137 cm³/mol. The fourth-order valence-electron chi connectivity index (χ4n) is 4.15. The number of sulfonamides is 1. The first-order valence-corrected chi connectivity index (χ1v) is 13.1. The standard InChI is InChI=1S/C25H24ClFN4O4S/c26-16-8-10-17(11-9-16)30-25(33)31-14-4-3-6-22(31)24(32)29-18-12-13-19(21(27)15-18)20-5-1-2-7-23(20)36(28,34)35/h1-2,5,7-13,15,22H,3-4,6,14H2,(H,29,32)(H,30,33)(H2,28,34,35). The van der Waals surface area contributed by atoms with Gasteiger partial charge in [-0.05, 0) is 67.8 Å². The van der Waals surface area contributed by atoms with E-state index in [9.17, 15) is 18.0 Å². The summed E-state index contributed by atoms with van der Waals surface area (Å²) >= 11 is 5.89. The van der Waals surface area contributed by atoms with Crippen LogP contribution in [0.5, 0.6) is 0 Å². The van der Waals surface area contributed by atoms with Crippen LogP contribution in [0.4, 0.5) is 20.6 Å². The topological polar surface area (TPSA) is 122 Å². The van der Waals surface area contributed by atoms with E-state index in [1.54, 1.807) is 30.3 Å². The van der Waals surface area contributed by atoms with Gasteiger partial charge in [0.1, 0.15) is 11.9 Å². The average molecular weight is 531 g/mol. The fraction of sp³-hybridized carbons (Fsp3) is 0.200. The molecule has 0 aliphatic carbocycles. The van der Waals surface area contributed by atoms with E-state index in [1.165, 1.54) is 35.2 Å². The van der Waals surface area contributed by atoms with Gasteiger partial charge < -0.3 is 15.5 Å². The number of amides is 3. The maximum absolute atomic E-state index is 15.0. The Kier molecular flexibility index (Phi) is 7.58. The van der Waals surface area contributed by atoms with Crippen LogP contribution in [0.2, 0.25) is 5.02 Å². The highest BCUT2D eigenvalue weighted by Gasteiger charge is 2.32. The van der Waals surface area contributed by atoms with Crippen LogP contribution >= 0.6 is 11.6 Å². The van der Waals surface area contributed by atoms with Gasteiger partial charge in [0.25, 0.3) is 0 Å². The number of carbonyl (C=O) groups is 2. The number of rotatable bonds is 5. The van der Waals surface area contributed by atoms with Gasteiger partial charge in [0.2, 0.25) is 15.9 Å². The van der Waals surface area contributed by atoms with Crippen molar-refractivity contribution in [3.05, 3.63) is 77.6 Å². The quantitative estimate of drug-likeness (QED) is 0.438. The number of urea groups is 1. The van der Waals surface area contributed by atoms with Gasteiger partial charge in [-0.1, -0.05) is 29.8 Å². The minimum atomic E-state index is -4.07. The molecule has 4 rings (SSSR count). The van der Waals surface area contributed by atoms with Gasteiger partial charge in [0.15, 0.2) is 0 Å². The number of likely N-dealkylation sites (tertiary alicyclic amines) is 1. The van der Waals surface area contributed by atoms with Crippen molar-refractivity contribution in [1.82, 2.24) is 4.90 Å². The maximum Gasteiger partial charge on any atom is 0.322 e. The van der Waals surface area contributed by atoms with E-state index < -0.39 is 33.8 Å². The molecule has 0 radical (unpaired) electrons. The minimum Gasteiger partial charge on any atom is -0.324 e. The van der Waals surface area contributed by atoms with Crippen LogP contribution in [0.15, 0.2) is 71.6 Å². The lowest BCUT2D eigenvalue weighted by molar-refractivity contribution is -0.121. The van der Waals surface area contributed by atoms with Crippen LogP contribution in [0.1, 0.15) is 19.3 Å². The maximum atomic E-state index is 15.0. The van der Waals surface area contributed by atoms with E-state index in [-0.39, 0.29) is 21.7 Å². The molecule has 1 aliphatic heterocycles. The van der Waals surface area contributed by atoms with E-state index >= 15 is 4.39 Å². The molecule has 1 aliphatic rings. The molecule has 1 saturated heterocycles. The van der Waals surface area contributed by atoms with E-state index in [0.717, 1.165) is 18.9 Å². The lowest BCUT2D eigenvalue weighted by atomic mass is 10.0. The normalized spacial score (nSPS) is 15.9. The van der Waals surface area contributed by atoms with Gasteiger partial charge in [-0.25, -0.2) is 22.7 Å². The second kappa shape index (κ2) is 10.7. The van der Waals surface area contributed by atoms with E-state index in [0.29, 0.717) is 23.7 Å². The van der Waals surface area contributed by atoms with Crippen molar-refractivity contribution in [2.75, 3.05) is 17.2 Å². The highest BCUT2D eigenvalue weighted by atomic mass is 35.5. The molecule has 8 nitrogen and oxygen atoms in total. The van der Waals surface area contributed by atoms with Gasteiger partial charge in [-0.2, -0.15) is 0 Å². The van der Waals surface area contributed by atoms with Gasteiger partial charge in [-0.3, -0.25) is 4.79 Å². The molecule has 3 aromatic rings. The second-order valence-electron chi connectivity index (χ2n) is 8.37. The molecule has 1 fully saturated rings. The zero-order chi connectivity index (χ0) is 25.9. The van der Waals surface area contributed by atoms with Crippen LogP contribution in [0.25, 0.3) is 11.1 Å². The monoisotopic (exact) mass is 530 g/mol. The van der Waals surface area contributed by atoms with Crippen molar-refractivity contribution >= 4 is 44.9 Å². The van der Waals surface area contributed by atoms with Crippen molar-refractivity contribution < 1.29 is 22.4 Å². The first kappa shape index (κ1) is 25.6. The number of nitrogens with zero attached hydrogens (tertiary/aromatic N) is 1. The summed E-state index contributed by atoms with van der Waals surface area (Å²) in [4.78, 5) is 27.2. The smallest absolute Gasteiger partial charge is 0.322 e. The Labute approximate surface area is 213 Å². The first-order chi connectivity index (χ1) is 17.1. The van der Waals surface area contributed by atoms with E-state index in [4.69, 9.17) is 16.7 Å². The van der Waals surface area contributed by atoms with Crippen LogP contribution in [0.3, 0.4) is 0 Å². The molecule has 1 heterocycles. The SMILES string of the molecule is NS(=O)(=O)c1ccccc1-c1ccc(NC(=O)C2CCCCN2C(=O)Nc2ccc(Cl)cc2)cc1F. The number of anilines is 2. The molecule has 0 spiro atoms. The molecule has 4 N–H and O–H groups in total. The Balaban J connectivity index is 1.51. The number of halogens is 2.